The molecule has 0 unspecified atom stereocenters. The summed E-state index contributed by atoms with van der Waals surface area (Å²) in [4.78, 5) is 25.7. The van der Waals surface area contributed by atoms with Crippen molar-refractivity contribution in [2.45, 2.75) is 32.4 Å². The van der Waals surface area contributed by atoms with E-state index < -0.39 is 5.54 Å². The molecule has 3 rings (SSSR count). The second-order valence-corrected chi connectivity index (χ2v) is 6.42. The van der Waals surface area contributed by atoms with Crippen molar-refractivity contribution >= 4 is 23.4 Å². The Morgan fingerprint density at radius 1 is 1.38 bits per heavy atom. The molecule has 1 saturated heterocycles. The second kappa shape index (κ2) is 4.91. The van der Waals surface area contributed by atoms with Crippen molar-refractivity contribution in [1.29, 1.82) is 0 Å². The highest BCUT2D eigenvalue weighted by Gasteiger charge is 2.39. The van der Waals surface area contributed by atoms with Crippen LogP contribution in [0.1, 0.15) is 25.0 Å². The van der Waals surface area contributed by atoms with Crippen LogP contribution in [0.2, 0.25) is 5.02 Å². The number of ether oxygens (including phenoxy) is 1. The van der Waals surface area contributed by atoms with E-state index in [1.807, 2.05) is 6.07 Å². The number of piperazine rings is 1. The van der Waals surface area contributed by atoms with E-state index in [0.717, 1.165) is 23.3 Å². The van der Waals surface area contributed by atoms with Gasteiger partial charge in [-0.3, -0.25) is 9.59 Å². The summed E-state index contributed by atoms with van der Waals surface area (Å²) >= 11 is 6.13. The minimum atomic E-state index is -0.877. The number of hydrogen-bond acceptors (Lipinski definition) is 3. The van der Waals surface area contributed by atoms with E-state index in [1.165, 1.54) is 0 Å². The molecule has 21 heavy (non-hydrogen) atoms. The zero-order valence-electron chi connectivity index (χ0n) is 12.0. The lowest BCUT2D eigenvalue weighted by Crippen LogP contribution is -2.63. The molecule has 1 aromatic rings. The number of amides is 2. The van der Waals surface area contributed by atoms with Gasteiger partial charge in [0.1, 0.15) is 11.3 Å². The van der Waals surface area contributed by atoms with Crippen LogP contribution in [0.15, 0.2) is 12.1 Å². The van der Waals surface area contributed by atoms with Crippen LogP contribution in [-0.4, -0.2) is 35.4 Å². The molecule has 0 radical (unpaired) electrons. The number of carbonyl (C=O) groups is 2. The minimum Gasteiger partial charge on any atom is -0.493 e. The van der Waals surface area contributed by atoms with Gasteiger partial charge in [-0.15, -0.1) is 0 Å². The summed E-state index contributed by atoms with van der Waals surface area (Å²) in [6.07, 6.45) is 0.822. The van der Waals surface area contributed by atoms with Gasteiger partial charge in [0.05, 0.1) is 19.7 Å². The van der Waals surface area contributed by atoms with Gasteiger partial charge in [-0.25, -0.2) is 0 Å². The first-order valence-corrected chi connectivity index (χ1v) is 7.29. The molecule has 112 valence electrons. The Morgan fingerprint density at radius 3 is 2.90 bits per heavy atom. The summed E-state index contributed by atoms with van der Waals surface area (Å²) in [5.41, 5.74) is 1.04. The predicted octanol–water partition coefficient (Wildman–Crippen LogP) is 1.51. The molecular weight excluding hydrogens is 292 g/mol. The Balaban J connectivity index is 1.90. The molecule has 2 aliphatic rings. The van der Waals surface area contributed by atoms with E-state index >= 15 is 0 Å². The number of nitrogens with one attached hydrogen (secondary N) is 1. The Labute approximate surface area is 128 Å². The SMILES string of the molecule is CC1(C)NC(=O)CN(Cc2cc(Cl)cc3c2OCC3)C1=O. The van der Waals surface area contributed by atoms with Crippen LogP contribution in [0.25, 0.3) is 0 Å². The largest absolute Gasteiger partial charge is 0.493 e. The zero-order chi connectivity index (χ0) is 15.2. The fraction of sp³-hybridized carbons (Fsp3) is 0.467. The third kappa shape index (κ3) is 2.58. The van der Waals surface area contributed by atoms with Gasteiger partial charge in [0.25, 0.3) is 0 Å². The van der Waals surface area contributed by atoms with Crippen LogP contribution >= 0.6 is 11.6 Å². The van der Waals surface area contributed by atoms with Crippen LogP contribution in [0.3, 0.4) is 0 Å². The summed E-state index contributed by atoms with van der Waals surface area (Å²) in [5.74, 6) is 0.545. The average molecular weight is 309 g/mol. The van der Waals surface area contributed by atoms with Gasteiger partial charge in [0.2, 0.25) is 11.8 Å². The van der Waals surface area contributed by atoms with E-state index in [4.69, 9.17) is 16.3 Å². The van der Waals surface area contributed by atoms with Gasteiger partial charge in [0.15, 0.2) is 0 Å². The van der Waals surface area contributed by atoms with Crippen molar-refractivity contribution in [3.8, 4) is 5.75 Å². The molecule has 0 spiro atoms. The zero-order valence-corrected chi connectivity index (χ0v) is 12.8. The Bertz CT molecular complexity index is 628. The standard InChI is InChI=1S/C15H17ClN2O3/c1-15(2)14(20)18(8-12(19)17-15)7-10-6-11(16)5-9-3-4-21-13(9)10/h5-6H,3-4,7-8H2,1-2H3,(H,17,19). The minimum absolute atomic E-state index is 0.0591. The Kier molecular flexibility index (Phi) is 3.32. The summed E-state index contributed by atoms with van der Waals surface area (Å²) in [6.45, 7) is 4.43. The van der Waals surface area contributed by atoms with E-state index in [-0.39, 0.29) is 18.4 Å². The van der Waals surface area contributed by atoms with Gasteiger partial charge in [0, 0.05) is 17.0 Å². The molecule has 2 amide bonds. The Hall–Kier alpha value is -1.75. The average Bonchev–Trinajstić information content (AvgIpc) is 2.82. The van der Waals surface area contributed by atoms with Gasteiger partial charge >= 0.3 is 0 Å². The first kappa shape index (κ1) is 14.2. The van der Waals surface area contributed by atoms with E-state index in [1.54, 1.807) is 24.8 Å². The number of nitrogens with zero attached hydrogens (tertiary/aromatic N) is 1. The molecule has 5 nitrogen and oxygen atoms in total. The number of halogens is 1. The van der Waals surface area contributed by atoms with Gasteiger partial charge in [-0.05, 0) is 31.5 Å². The molecule has 1 N–H and O–H groups in total. The molecule has 0 aromatic heterocycles. The van der Waals surface area contributed by atoms with Crippen molar-refractivity contribution in [2.75, 3.05) is 13.2 Å². The third-order valence-corrected chi connectivity index (χ3v) is 4.01. The summed E-state index contributed by atoms with van der Waals surface area (Å²) < 4.78 is 5.64. The van der Waals surface area contributed by atoms with E-state index in [2.05, 4.69) is 5.32 Å². The molecule has 0 bridgehead atoms. The third-order valence-electron chi connectivity index (χ3n) is 3.79. The number of rotatable bonds is 2. The highest BCUT2D eigenvalue weighted by molar-refractivity contribution is 6.30. The maximum Gasteiger partial charge on any atom is 0.248 e. The molecule has 0 atom stereocenters. The fourth-order valence-electron chi connectivity index (χ4n) is 2.88. The number of benzene rings is 1. The lowest BCUT2D eigenvalue weighted by molar-refractivity contribution is -0.148. The van der Waals surface area contributed by atoms with Crippen LogP contribution in [-0.2, 0) is 22.6 Å². The molecule has 2 aliphatic heterocycles. The van der Waals surface area contributed by atoms with Gasteiger partial charge < -0.3 is 15.0 Å². The monoisotopic (exact) mass is 308 g/mol. The highest BCUT2D eigenvalue weighted by Crippen LogP contribution is 2.34. The molecule has 6 heteroatoms. The van der Waals surface area contributed by atoms with Crippen LogP contribution in [0.4, 0.5) is 0 Å². The van der Waals surface area contributed by atoms with Gasteiger partial charge in [-0.1, -0.05) is 11.6 Å². The quantitative estimate of drug-likeness (QED) is 0.901. The Morgan fingerprint density at radius 2 is 2.14 bits per heavy atom. The number of carbonyl (C=O) groups excluding carboxylic acids is 2. The maximum absolute atomic E-state index is 12.4. The normalized spacial score (nSPS) is 20.0. The highest BCUT2D eigenvalue weighted by atomic mass is 35.5. The van der Waals surface area contributed by atoms with Crippen molar-refractivity contribution < 1.29 is 14.3 Å². The number of fused-ring (bicyclic) bond motifs is 1. The van der Waals surface area contributed by atoms with Crippen molar-refractivity contribution in [2.24, 2.45) is 0 Å². The smallest absolute Gasteiger partial charge is 0.248 e. The maximum atomic E-state index is 12.4. The molecule has 0 aliphatic carbocycles. The predicted molar refractivity (Wildman–Crippen MR) is 78.3 cm³/mol. The van der Waals surface area contributed by atoms with Crippen LogP contribution < -0.4 is 10.1 Å². The molecule has 1 fully saturated rings. The fourth-order valence-corrected chi connectivity index (χ4v) is 3.14. The molecular formula is C15H17ClN2O3. The topological polar surface area (TPSA) is 58.6 Å². The van der Waals surface area contributed by atoms with Crippen molar-refractivity contribution in [3.05, 3.63) is 28.3 Å². The van der Waals surface area contributed by atoms with Crippen molar-refractivity contribution in [3.63, 3.8) is 0 Å². The molecule has 0 saturated carbocycles. The molecule has 1 aromatic carbocycles. The number of hydrogen-bond donors (Lipinski definition) is 1. The summed E-state index contributed by atoms with van der Waals surface area (Å²) in [6, 6.07) is 3.69. The lowest BCUT2D eigenvalue weighted by Gasteiger charge is -2.37. The first-order chi connectivity index (χ1) is 9.87. The van der Waals surface area contributed by atoms with Crippen molar-refractivity contribution in [1.82, 2.24) is 10.2 Å². The van der Waals surface area contributed by atoms with Crippen LogP contribution in [0.5, 0.6) is 5.75 Å². The van der Waals surface area contributed by atoms with E-state index in [0.29, 0.717) is 18.2 Å². The second-order valence-electron chi connectivity index (χ2n) is 5.99. The lowest BCUT2D eigenvalue weighted by atomic mass is 9.99. The summed E-state index contributed by atoms with van der Waals surface area (Å²) in [7, 11) is 0. The summed E-state index contributed by atoms with van der Waals surface area (Å²) in [5, 5.41) is 3.32. The van der Waals surface area contributed by atoms with Crippen LogP contribution in [0, 0.1) is 0 Å². The first-order valence-electron chi connectivity index (χ1n) is 6.91. The van der Waals surface area contributed by atoms with E-state index in [9.17, 15) is 9.59 Å². The van der Waals surface area contributed by atoms with Gasteiger partial charge in [-0.2, -0.15) is 0 Å². The molecule has 2 heterocycles.